The molecule has 9 heteroatoms. The average Bonchev–Trinajstić information content (AvgIpc) is 2.98. The van der Waals surface area contributed by atoms with Gasteiger partial charge < -0.3 is 25.7 Å². The van der Waals surface area contributed by atoms with Crippen molar-refractivity contribution in [1.82, 2.24) is 10.3 Å². The Morgan fingerprint density at radius 2 is 2.27 bits per heavy atom. The van der Waals surface area contributed by atoms with Crippen LogP contribution in [0.1, 0.15) is 24.5 Å². The highest BCUT2D eigenvalue weighted by Crippen LogP contribution is 2.16. The van der Waals surface area contributed by atoms with Crippen molar-refractivity contribution in [3.63, 3.8) is 0 Å². The Morgan fingerprint density at radius 3 is 2.77 bits per heavy atom. The minimum Gasteiger partial charge on any atom is -0.480 e. The quantitative estimate of drug-likeness (QED) is 0.332. The summed E-state index contributed by atoms with van der Waals surface area (Å²) in [7, 11) is 1.33. The van der Waals surface area contributed by atoms with Gasteiger partial charge in [0.25, 0.3) is 5.91 Å². The maximum Gasteiger partial charge on any atom is 0.326 e. The van der Waals surface area contributed by atoms with Crippen LogP contribution < -0.4 is 5.32 Å². The molecule has 0 aliphatic heterocycles. The molecule has 9 nitrogen and oxygen atoms in total. The fourth-order valence-corrected chi connectivity index (χ4v) is 1.81. The van der Waals surface area contributed by atoms with E-state index < -0.39 is 29.8 Å². The Kier molecular flexibility index (Phi) is 6.68. The van der Waals surface area contributed by atoms with Gasteiger partial charge in [-0.05, 0) is 12.5 Å². The van der Waals surface area contributed by atoms with Crippen LogP contribution in [-0.4, -0.2) is 51.9 Å². The first kappa shape index (κ1) is 17.3. The van der Waals surface area contributed by atoms with Gasteiger partial charge in [0.15, 0.2) is 6.10 Å². The number of Topliss-reactive ketones (excluding diaryl/α,β-unsaturated/α-hetero) is 1. The first-order valence-corrected chi connectivity index (χ1v) is 6.38. The van der Waals surface area contributed by atoms with Crippen LogP contribution in [0.25, 0.3) is 5.53 Å². The molecule has 0 aliphatic rings. The van der Waals surface area contributed by atoms with E-state index >= 15 is 0 Å². The van der Waals surface area contributed by atoms with Crippen molar-refractivity contribution in [3.8, 4) is 0 Å². The van der Waals surface area contributed by atoms with Crippen LogP contribution in [0.3, 0.4) is 0 Å². The number of ketones is 1. The second-order valence-electron chi connectivity index (χ2n) is 4.41. The van der Waals surface area contributed by atoms with Gasteiger partial charge in [-0.15, -0.1) is 0 Å². The van der Waals surface area contributed by atoms with Crippen LogP contribution in [0.15, 0.2) is 18.5 Å². The fourth-order valence-electron chi connectivity index (χ4n) is 1.81. The highest BCUT2D eigenvalue weighted by atomic mass is 16.5. The van der Waals surface area contributed by atoms with Crippen LogP contribution in [0.5, 0.6) is 0 Å². The van der Waals surface area contributed by atoms with Crippen LogP contribution in [0.2, 0.25) is 0 Å². The summed E-state index contributed by atoms with van der Waals surface area (Å²) in [6.07, 6.45) is 2.58. The summed E-state index contributed by atoms with van der Waals surface area (Å²) in [6, 6.07) is 0.380. The minimum absolute atomic E-state index is 0.129. The van der Waals surface area contributed by atoms with Gasteiger partial charge in [-0.1, -0.05) is 0 Å². The summed E-state index contributed by atoms with van der Waals surface area (Å²) >= 11 is 0. The molecule has 1 amide bonds. The molecule has 3 N–H and O–H groups in total. The summed E-state index contributed by atoms with van der Waals surface area (Å²) in [4.78, 5) is 39.8. The molecule has 1 aromatic heterocycles. The number of hydrogen-bond donors (Lipinski definition) is 3. The minimum atomic E-state index is -1.27. The smallest absolute Gasteiger partial charge is 0.326 e. The number of aromatic amines is 1. The second-order valence-corrected chi connectivity index (χ2v) is 4.41. The molecule has 1 rings (SSSR count). The molecule has 118 valence electrons. The van der Waals surface area contributed by atoms with E-state index in [0.717, 1.165) is 0 Å². The van der Waals surface area contributed by atoms with E-state index in [0.29, 0.717) is 11.8 Å². The summed E-state index contributed by atoms with van der Waals surface area (Å²) in [5.74, 6) is -2.44. The number of carboxylic acid groups (broad SMARTS) is 1. The Hall–Kier alpha value is -2.77. The topological polar surface area (TPSA) is 145 Å². The van der Waals surface area contributed by atoms with Crippen molar-refractivity contribution in [3.05, 3.63) is 29.6 Å². The first-order chi connectivity index (χ1) is 10.5. The molecule has 0 fully saturated rings. The Bertz CT molecular complexity index is 577. The molecule has 0 aliphatic carbocycles. The van der Waals surface area contributed by atoms with E-state index in [9.17, 15) is 14.4 Å². The lowest BCUT2D eigenvalue weighted by Gasteiger charge is -2.18. The predicted molar refractivity (Wildman–Crippen MR) is 74.0 cm³/mol. The second kappa shape index (κ2) is 8.50. The van der Waals surface area contributed by atoms with Gasteiger partial charge in [0, 0.05) is 31.5 Å². The van der Waals surface area contributed by atoms with E-state index in [-0.39, 0.29) is 12.8 Å². The third-order valence-corrected chi connectivity index (χ3v) is 2.89. The molecule has 0 saturated heterocycles. The molecule has 0 aromatic carbocycles. The predicted octanol–water partition coefficient (Wildman–Crippen LogP) is -0.0785. The van der Waals surface area contributed by atoms with Crippen molar-refractivity contribution < 1.29 is 29.0 Å². The molecule has 0 bridgehead atoms. The molecule has 1 heterocycles. The third-order valence-electron chi connectivity index (χ3n) is 2.89. The van der Waals surface area contributed by atoms with E-state index in [2.05, 4.69) is 15.1 Å². The number of methoxy groups -OCH3 is 1. The zero-order chi connectivity index (χ0) is 16.5. The van der Waals surface area contributed by atoms with Crippen LogP contribution in [0.4, 0.5) is 0 Å². The largest absolute Gasteiger partial charge is 0.480 e. The third kappa shape index (κ3) is 4.97. The Morgan fingerprint density at radius 1 is 1.55 bits per heavy atom. The van der Waals surface area contributed by atoms with E-state index in [1.165, 1.54) is 7.11 Å². The number of carbonyl (C=O) groups excluding carboxylic acids is 2. The van der Waals surface area contributed by atoms with Crippen molar-refractivity contribution >= 4 is 23.9 Å². The van der Waals surface area contributed by atoms with E-state index in [4.69, 9.17) is 15.4 Å². The highest BCUT2D eigenvalue weighted by Gasteiger charge is 2.27. The number of ether oxygens (including phenoxy) is 1. The van der Waals surface area contributed by atoms with Crippen LogP contribution in [0, 0.1) is 0 Å². The zero-order valence-corrected chi connectivity index (χ0v) is 11.9. The van der Waals surface area contributed by atoms with Gasteiger partial charge in [0.2, 0.25) is 5.78 Å². The van der Waals surface area contributed by atoms with Crippen molar-refractivity contribution in [2.24, 2.45) is 0 Å². The van der Waals surface area contributed by atoms with Crippen LogP contribution in [-0.2, 0) is 19.1 Å². The highest BCUT2D eigenvalue weighted by molar-refractivity contribution is 6.25. The fraction of sp³-hybridized carbons (Fsp3) is 0.385. The lowest BCUT2D eigenvalue weighted by Crippen LogP contribution is -2.43. The number of nitrogens with zero attached hydrogens (tertiary/aromatic N) is 2. The molecule has 0 unspecified atom stereocenters. The molecule has 2 atom stereocenters. The molecule has 0 saturated carbocycles. The molecule has 0 spiro atoms. The molecule has 22 heavy (non-hydrogen) atoms. The van der Waals surface area contributed by atoms with Gasteiger partial charge in [-0.3, -0.25) is 9.59 Å². The molecular weight excluding hydrogens is 292 g/mol. The van der Waals surface area contributed by atoms with Gasteiger partial charge in [-0.25, -0.2) is 4.79 Å². The Labute approximate surface area is 125 Å². The maximum absolute atomic E-state index is 12.1. The van der Waals surface area contributed by atoms with Crippen LogP contribution >= 0.6 is 0 Å². The number of carbonyl (C=O) groups is 3. The van der Waals surface area contributed by atoms with Gasteiger partial charge in [0.1, 0.15) is 6.04 Å². The molecule has 1 aromatic rings. The number of amides is 1. The van der Waals surface area contributed by atoms with Gasteiger partial charge in [0.05, 0.1) is 0 Å². The number of rotatable bonds is 9. The summed E-state index contributed by atoms with van der Waals surface area (Å²) < 4.78 is 5.06. The standard InChI is InChI=1S/C13H16N4O5/c1-22-11(8-4-5-15-6-8)12(19)17-10(13(20)21)3-2-9(18)7-16-14/h4-7,10-11,15H,2-3H2,1H3,(H,17,19)(H,20,21)/t10-,11-/m0/s1. The number of aliphatic carboxylic acids is 1. The number of H-pyrrole nitrogens is 1. The van der Waals surface area contributed by atoms with Gasteiger partial charge in [-0.2, -0.15) is 4.79 Å². The zero-order valence-electron chi connectivity index (χ0n) is 11.9. The number of aromatic nitrogens is 1. The Balaban J connectivity index is 2.69. The normalized spacial score (nSPS) is 12.8. The lowest BCUT2D eigenvalue weighted by atomic mass is 10.1. The SMILES string of the molecule is CO[C@H](C(=O)N[C@@H](CCC(=O)C=[N+]=[N-])C(=O)O)c1cc[nH]c1. The number of hydrogen-bond acceptors (Lipinski definition) is 4. The van der Waals surface area contributed by atoms with E-state index in [1.807, 2.05) is 0 Å². The number of carboxylic acids is 1. The van der Waals surface area contributed by atoms with E-state index in [1.54, 1.807) is 18.5 Å². The average molecular weight is 308 g/mol. The summed E-state index contributed by atoms with van der Waals surface area (Å²) in [5, 5.41) is 11.4. The maximum atomic E-state index is 12.1. The van der Waals surface area contributed by atoms with Crippen molar-refractivity contribution in [2.45, 2.75) is 25.0 Å². The molecular formula is C13H16N4O5. The first-order valence-electron chi connectivity index (χ1n) is 6.38. The number of nitrogens with one attached hydrogen (secondary N) is 2. The monoisotopic (exact) mass is 308 g/mol. The lowest BCUT2D eigenvalue weighted by molar-refractivity contribution is -0.144. The van der Waals surface area contributed by atoms with Crippen molar-refractivity contribution in [2.75, 3.05) is 7.11 Å². The molecule has 0 radical (unpaired) electrons. The summed E-state index contributed by atoms with van der Waals surface area (Å²) in [5.41, 5.74) is 8.76. The van der Waals surface area contributed by atoms with Gasteiger partial charge >= 0.3 is 12.2 Å². The van der Waals surface area contributed by atoms with Crippen molar-refractivity contribution in [1.29, 1.82) is 0 Å². The summed E-state index contributed by atoms with van der Waals surface area (Å²) in [6.45, 7) is 0.